The number of nitrogens with zero attached hydrogens (tertiary/aromatic N) is 2. The highest BCUT2D eigenvalue weighted by molar-refractivity contribution is 5.85. The van der Waals surface area contributed by atoms with Crippen LogP contribution in [-0.4, -0.2) is 22.0 Å². The van der Waals surface area contributed by atoms with E-state index in [0.717, 1.165) is 49.1 Å². The molecule has 1 atom stereocenters. The molecule has 26 heavy (non-hydrogen) atoms. The second-order valence-electron chi connectivity index (χ2n) is 6.66. The van der Waals surface area contributed by atoms with Crippen molar-refractivity contribution in [3.8, 4) is 0 Å². The molecule has 0 aliphatic rings. The fourth-order valence-corrected chi connectivity index (χ4v) is 3.07. The minimum absolute atomic E-state index is 0. The van der Waals surface area contributed by atoms with Gasteiger partial charge in [-0.2, -0.15) is 0 Å². The number of hydrogen-bond donors (Lipinski definition) is 2. The van der Waals surface area contributed by atoms with Crippen LogP contribution in [0.4, 0.5) is 0 Å². The van der Waals surface area contributed by atoms with Crippen molar-refractivity contribution in [2.75, 3.05) is 6.54 Å². The zero-order chi connectivity index (χ0) is 17.5. The predicted molar refractivity (Wildman–Crippen MR) is 113 cm³/mol. The average molecular weight is 403 g/mol. The third-order valence-electron chi connectivity index (χ3n) is 4.26. The van der Waals surface area contributed by atoms with Crippen molar-refractivity contribution < 1.29 is 4.79 Å². The van der Waals surface area contributed by atoms with Crippen LogP contribution in [0.1, 0.15) is 70.8 Å². The van der Waals surface area contributed by atoms with E-state index in [1.54, 1.807) is 0 Å². The van der Waals surface area contributed by atoms with E-state index < -0.39 is 0 Å². The average Bonchev–Trinajstić information content (AvgIpc) is 2.94. The monoisotopic (exact) mass is 402 g/mol. The van der Waals surface area contributed by atoms with E-state index in [1.165, 1.54) is 0 Å². The zero-order valence-corrected chi connectivity index (χ0v) is 17.5. The van der Waals surface area contributed by atoms with Gasteiger partial charge >= 0.3 is 0 Å². The largest absolute Gasteiger partial charge is 0.346 e. The number of carbonyl (C=O) groups excluding carboxylic acids is 1. The summed E-state index contributed by atoms with van der Waals surface area (Å²) in [6, 6.07) is 8.31. The molecule has 2 rings (SSSR count). The minimum atomic E-state index is -0.101. The number of amides is 1. The molecule has 0 bridgehead atoms. The molecule has 3 N–H and O–H groups in total. The summed E-state index contributed by atoms with van der Waals surface area (Å²) in [5.41, 5.74) is 7.57. The summed E-state index contributed by atoms with van der Waals surface area (Å²) >= 11 is 0. The van der Waals surface area contributed by atoms with Crippen LogP contribution >= 0.6 is 24.8 Å². The highest BCUT2D eigenvalue weighted by atomic mass is 35.5. The van der Waals surface area contributed by atoms with Gasteiger partial charge < -0.3 is 15.6 Å². The Labute approximate surface area is 168 Å². The van der Waals surface area contributed by atoms with E-state index in [-0.39, 0.29) is 36.8 Å². The Hall–Kier alpha value is -1.30. The molecule has 1 aromatic carbocycles. The topological polar surface area (TPSA) is 72.9 Å². The number of rotatable bonds is 9. The van der Waals surface area contributed by atoms with Gasteiger partial charge in [-0.05, 0) is 52.3 Å². The van der Waals surface area contributed by atoms with Crippen molar-refractivity contribution in [1.29, 1.82) is 0 Å². The number of nitrogens with one attached hydrogen (secondary N) is 1. The van der Waals surface area contributed by atoms with Crippen molar-refractivity contribution >= 4 is 41.8 Å². The van der Waals surface area contributed by atoms with E-state index in [9.17, 15) is 4.79 Å². The van der Waals surface area contributed by atoms with Gasteiger partial charge in [0.15, 0.2) is 0 Å². The smallest absolute Gasteiger partial charge is 0.220 e. The van der Waals surface area contributed by atoms with Gasteiger partial charge in [0, 0.05) is 12.5 Å². The number of hydrogen-bond acceptors (Lipinski definition) is 3. The maximum Gasteiger partial charge on any atom is 0.220 e. The Morgan fingerprint density at radius 2 is 1.77 bits per heavy atom. The van der Waals surface area contributed by atoms with Crippen LogP contribution in [0.15, 0.2) is 24.3 Å². The third kappa shape index (κ3) is 6.45. The van der Waals surface area contributed by atoms with Crippen LogP contribution in [0, 0.1) is 0 Å². The van der Waals surface area contributed by atoms with E-state index in [2.05, 4.69) is 29.8 Å². The van der Waals surface area contributed by atoms with Gasteiger partial charge in [0.1, 0.15) is 5.82 Å². The van der Waals surface area contributed by atoms with Gasteiger partial charge in [-0.15, -0.1) is 24.8 Å². The standard InChI is InChI=1S/C19H30N4O.2ClH/c1-14(2)23-17-11-8-7-10-16(17)22-19(23)15(3)21-18(24)12-6-4-5-9-13-20;;/h7-8,10-11,14-15H,4-6,9,12-13,20H2,1-3H3,(H,21,24);2*1H. The summed E-state index contributed by atoms with van der Waals surface area (Å²) in [5, 5.41) is 3.10. The normalized spacial score (nSPS) is 11.7. The maximum atomic E-state index is 12.2. The first-order valence-electron chi connectivity index (χ1n) is 9.01. The molecule has 1 amide bonds. The summed E-state index contributed by atoms with van der Waals surface area (Å²) in [6.07, 6.45) is 4.68. The molecule has 148 valence electrons. The lowest BCUT2D eigenvalue weighted by Crippen LogP contribution is -2.28. The van der Waals surface area contributed by atoms with Crippen LogP contribution in [-0.2, 0) is 4.79 Å². The number of para-hydroxylation sites is 2. The molecule has 0 saturated carbocycles. The number of carbonyl (C=O) groups is 1. The molecule has 1 heterocycles. The number of benzene rings is 1. The molecule has 0 fully saturated rings. The quantitative estimate of drug-likeness (QED) is 0.604. The zero-order valence-electron chi connectivity index (χ0n) is 15.9. The fraction of sp³-hybridized carbons (Fsp3) is 0.579. The van der Waals surface area contributed by atoms with Crippen molar-refractivity contribution in [3.63, 3.8) is 0 Å². The van der Waals surface area contributed by atoms with Crippen LogP contribution in [0.3, 0.4) is 0 Å². The Kier molecular flexibility index (Phi) is 11.5. The predicted octanol–water partition coefficient (Wildman–Crippen LogP) is 4.55. The van der Waals surface area contributed by atoms with Gasteiger partial charge in [-0.1, -0.05) is 25.0 Å². The number of nitrogens with two attached hydrogens (primary N) is 1. The molecule has 0 spiro atoms. The SMILES string of the molecule is CC(NC(=O)CCCCCCN)c1nc2ccccc2n1C(C)C.Cl.Cl. The summed E-state index contributed by atoms with van der Waals surface area (Å²) in [4.78, 5) is 16.9. The molecule has 1 unspecified atom stereocenters. The van der Waals surface area contributed by atoms with E-state index in [1.807, 2.05) is 25.1 Å². The first-order chi connectivity index (χ1) is 11.5. The Balaban J connectivity index is 0.00000312. The molecule has 1 aromatic heterocycles. The lowest BCUT2D eigenvalue weighted by molar-refractivity contribution is -0.121. The van der Waals surface area contributed by atoms with Gasteiger partial charge in [-0.3, -0.25) is 4.79 Å². The molecular weight excluding hydrogens is 371 g/mol. The Morgan fingerprint density at radius 1 is 1.12 bits per heavy atom. The number of aromatic nitrogens is 2. The number of unbranched alkanes of at least 4 members (excludes halogenated alkanes) is 3. The second kappa shape index (κ2) is 12.2. The minimum Gasteiger partial charge on any atom is -0.346 e. The molecule has 0 aliphatic carbocycles. The number of halogens is 2. The molecule has 5 nitrogen and oxygen atoms in total. The summed E-state index contributed by atoms with van der Waals surface area (Å²) in [5.74, 6) is 1.01. The molecular formula is C19H32Cl2N4O. The molecule has 0 saturated heterocycles. The highest BCUT2D eigenvalue weighted by Gasteiger charge is 2.19. The summed E-state index contributed by atoms with van der Waals surface area (Å²) in [7, 11) is 0. The van der Waals surface area contributed by atoms with Gasteiger partial charge in [0.2, 0.25) is 5.91 Å². The van der Waals surface area contributed by atoms with E-state index >= 15 is 0 Å². The number of fused-ring (bicyclic) bond motifs is 1. The van der Waals surface area contributed by atoms with Crippen molar-refractivity contribution in [2.45, 2.75) is 65.0 Å². The maximum absolute atomic E-state index is 12.2. The van der Waals surface area contributed by atoms with E-state index in [0.29, 0.717) is 12.5 Å². The molecule has 2 aromatic rings. The van der Waals surface area contributed by atoms with Crippen molar-refractivity contribution in [1.82, 2.24) is 14.9 Å². The highest BCUT2D eigenvalue weighted by Crippen LogP contribution is 2.24. The van der Waals surface area contributed by atoms with Crippen LogP contribution in [0.2, 0.25) is 0 Å². The van der Waals surface area contributed by atoms with Gasteiger partial charge in [0.25, 0.3) is 0 Å². The third-order valence-corrected chi connectivity index (χ3v) is 4.26. The first kappa shape index (κ1) is 24.7. The Morgan fingerprint density at radius 3 is 2.42 bits per heavy atom. The van der Waals surface area contributed by atoms with E-state index in [4.69, 9.17) is 10.7 Å². The van der Waals surface area contributed by atoms with Gasteiger partial charge in [0.05, 0.1) is 17.1 Å². The summed E-state index contributed by atoms with van der Waals surface area (Å²) in [6.45, 7) is 7.02. The molecule has 7 heteroatoms. The lowest BCUT2D eigenvalue weighted by atomic mass is 10.1. The van der Waals surface area contributed by atoms with Crippen LogP contribution in [0.5, 0.6) is 0 Å². The number of imidazole rings is 1. The Bertz CT molecular complexity index is 673. The van der Waals surface area contributed by atoms with Crippen LogP contribution in [0.25, 0.3) is 11.0 Å². The van der Waals surface area contributed by atoms with Crippen molar-refractivity contribution in [3.05, 3.63) is 30.1 Å². The summed E-state index contributed by atoms with van der Waals surface area (Å²) < 4.78 is 2.21. The van der Waals surface area contributed by atoms with Gasteiger partial charge in [-0.25, -0.2) is 4.98 Å². The first-order valence-corrected chi connectivity index (χ1v) is 9.01. The second-order valence-corrected chi connectivity index (χ2v) is 6.66. The molecule has 0 aliphatic heterocycles. The van der Waals surface area contributed by atoms with Crippen LogP contribution < -0.4 is 11.1 Å². The lowest BCUT2D eigenvalue weighted by Gasteiger charge is -2.18. The van der Waals surface area contributed by atoms with Crippen molar-refractivity contribution in [2.24, 2.45) is 5.73 Å². The molecule has 0 radical (unpaired) electrons. The fourth-order valence-electron chi connectivity index (χ4n) is 3.07.